The Hall–Kier alpha value is -3.83. The molecule has 2 heterocycles. The molecule has 0 amide bonds. The number of methoxy groups -OCH3 is 1. The Morgan fingerprint density at radius 2 is 1.81 bits per heavy atom. The van der Waals surface area contributed by atoms with Crippen molar-refractivity contribution in [2.24, 2.45) is 0 Å². The van der Waals surface area contributed by atoms with Crippen LogP contribution in [0.2, 0.25) is 0 Å². The average molecular weight is 588 g/mol. The second-order valence-electron chi connectivity index (χ2n) is 10.3. The van der Waals surface area contributed by atoms with Crippen molar-refractivity contribution in [3.05, 3.63) is 64.9 Å². The van der Waals surface area contributed by atoms with E-state index in [-0.39, 0.29) is 23.4 Å². The molecule has 1 aromatic heterocycles. The van der Waals surface area contributed by atoms with Gasteiger partial charge in [0.25, 0.3) is 0 Å². The number of fused-ring (bicyclic) bond motifs is 1. The van der Waals surface area contributed by atoms with Gasteiger partial charge in [-0.3, -0.25) is 4.90 Å². The van der Waals surface area contributed by atoms with Crippen molar-refractivity contribution in [1.29, 1.82) is 0 Å². The Labute approximate surface area is 243 Å². The number of carboxylic acid groups (broad SMARTS) is 1. The molecule has 0 spiro atoms. The van der Waals surface area contributed by atoms with Crippen molar-refractivity contribution < 1.29 is 37.3 Å². The van der Waals surface area contributed by atoms with Crippen LogP contribution in [0.15, 0.2) is 48.0 Å². The Bertz CT molecular complexity index is 1420. The van der Waals surface area contributed by atoms with E-state index in [1.807, 2.05) is 6.92 Å². The minimum atomic E-state index is -4.60. The molecule has 0 aliphatic carbocycles. The van der Waals surface area contributed by atoms with E-state index in [1.165, 1.54) is 13.2 Å². The van der Waals surface area contributed by atoms with E-state index in [0.717, 1.165) is 38.8 Å². The molecule has 11 heteroatoms. The number of alkyl halides is 3. The monoisotopic (exact) mass is 587 g/mol. The second kappa shape index (κ2) is 13.9. The molecule has 3 aromatic rings. The average Bonchev–Trinajstić information content (AvgIpc) is 2.96. The lowest BCUT2D eigenvalue weighted by atomic mass is 10.1. The molecular weight excluding hydrogens is 551 g/mol. The molecule has 4 rings (SSSR count). The standard InChI is InChI=1S/C31H36F3N3O5/c1-4-5-22(30(38)39)17-23-18-24(41-15-14-37-12-10-36(2)11-13-37)7-9-27(23)42-20-21-6-8-26-25(16-21)28(40-3)19-29(35-26)31(32,33)34/h6-9,16-19H,4-5,10-15,20H2,1-3H3,(H,38,39)/b22-17+. The van der Waals surface area contributed by atoms with Crippen LogP contribution in [-0.4, -0.2) is 79.3 Å². The van der Waals surface area contributed by atoms with Crippen LogP contribution in [0.25, 0.3) is 17.0 Å². The lowest BCUT2D eigenvalue weighted by Crippen LogP contribution is -2.45. The first-order valence-electron chi connectivity index (χ1n) is 13.9. The van der Waals surface area contributed by atoms with Crippen LogP contribution < -0.4 is 14.2 Å². The van der Waals surface area contributed by atoms with Crippen LogP contribution in [0.4, 0.5) is 13.2 Å². The van der Waals surface area contributed by atoms with Crippen LogP contribution in [0.5, 0.6) is 17.2 Å². The number of benzene rings is 2. The van der Waals surface area contributed by atoms with Crippen LogP contribution in [0.1, 0.15) is 36.6 Å². The summed E-state index contributed by atoms with van der Waals surface area (Å²) < 4.78 is 57.1. The van der Waals surface area contributed by atoms with Crippen LogP contribution in [0, 0.1) is 0 Å². The Morgan fingerprint density at radius 3 is 2.48 bits per heavy atom. The van der Waals surface area contributed by atoms with Crippen molar-refractivity contribution in [2.75, 3.05) is 53.5 Å². The second-order valence-corrected chi connectivity index (χ2v) is 10.3. The minimum Gasteiger partial charge on any atom is -0.496 e. The van der Waals surface area contributed by atoms with Gasteiger partial charge in [-0.05, 0) is 55.4 Å². The number of aromatic nitrogens is 1. The summed E-state index contributed by atoms with van der Waals surface area (Å²) in [4.78, 5) is 20.2. The first-order valence-corrected chi connectivity index (χ1v) is 13.9. The molecule has 1 aliphatic heterocycles. The molecule has 8 nitrogen and oxygen atoms in total. The summed E-state index contributed by atoms with van der Waals surface area (Å²) in [7, 11) is 3.42. The maximum atomic E-state index is 13.2. The number of aliphatic carboxylic acids is 1. The third kappa shape index (κ3) is 8.13. The summed E-state index contributed by atoms with van der Waals surface area (Å²) in [6.45, 7) is 7.29. The topological polar surface area (TPSA) is 84.4 Å². The van der Waals surface area contributed by atoms with Crippen molar-refractivity contribution in [3.63, 3.8) is 0 Å². The summed E-state index contributed by atoms with van der Waals surface area (Å²) in [5.41, 5.74) is 0.612. The van der Waals surface area contributed by atoms with Gasteiger partial charge < -0.3 is 24.2 Å². The van der Waals surface area contributed by atoms with E-state index in [2.05, 4.69) is 21.8 Å². The van der Waals surface area contributed by atoms with Crippen LogP contribution >= 0.6 is 0 Å². The predicted octanol–water partition coefficient (Wildman–Crippen LogP) is 5.74. The summed E-state index contributed by atoms with van der Waals surface area (Å²) in [6, 6.07) is 11.0. The highest BCUT2D eigenvalue weighted by molar-refractivity contribution is 5.92. The number of hydrogen-bond acceptors (Lipinski definition) is 7. The third-order valence-corrected chi connectivity index (χ3v) is 7.12. The highest BCUT2D eigenvalue weighted by Crippen LogP contribution is 2.35. The third-order valence-electron chi connectivity index (χ3n) is 7.12. The summed E-state index contributed by atoms with van der Waals surface area (Å²) in [5, 5.41) is 10.1. The number of hydrogen-bond donors (Lipinski definition) is 1. The summed E-state index contributed by atoms with van der Waals surface area (Å²) >= 11 is 0. The molecule has 1 aliphatic rings. The molecule has 1 fully saturated rings. The van der Waals surface area contributed by atoms with E-state index in [1.54, 1.807) is 36.4 Å². The van der Waals surface area contributed by atoms with Gasteiger partial charge >= 0.3 is 12.1 Å². The zero-order valence-corrected chi connectivity index (χ0v) is 24.0. The van der Waals surface area contributed by atoms with E-state index in [0.29, 0.717) is 47.5 Å². The van der Waals surface area contributed by atoms with E-state index in [4.69, 9.17) is 14.2 Å². The van der Waals surface area contributed by atoms with Crippen molar-refractivity contribution in [2.45, 2.75) is 32.5 Å². The maximum Gasteiger partial charge on any atom is 0.433 e. The number of pyridine rings is 1. The Balaban J connectivity index is 1.54. The number of ether oxygens (including phenoxy) is 3. The number of nitrogens with zero attached hydrogens (tertiary/aromatic N) is 3. The molecule has 0 radical (unpaired) electrons. The van der Waals surface area contributed by atoms with Gasteiger partial charge in [-0.25, -0.2) is 9.78 Å². The molecule has 226 valence electrons. The first kappa shape index (κ1) is 31.1. The molecule has 0 saturated carbocycles. The van der Waals surface area contributed by atoms with Crippen LogP contribution in [-0.2, 0) is 17.6 Å². The zero-order chi connectivity index (χ0) is 30.3. The normalized spacial score (nSPS) is 15.1. The molecule has 42 heavy (non-hydrogen) atoms. The highest BCUT2D eigenvalue weighted by Gasteiger charge is 2.33. The molecule has 0 atom stereocenters. The van der Waals surface area contributed by atoms with Crippen LogP contribution in [0.3, 0.4) is 0 Å². The molecular formula is C31H36F3N3O5. The van der Waals surface area contributed by atoms with E-state index >= 15 is 0 Å². The molecule has 2 aromatic carbocycles. The quantitative estimate of drug-likeness (QED) is 0.269. The molecule has 1 saturated heterocycles. The number of carboxylic acids is 1. The van der Waals surface area contributed by atoms with Crippen molar-refractivity contribution >= 4 is 22.9 Å². The zero-order valence-electron chi connectivity index (χ0n) is 24.0. The van der Waals surface area contributed by atoms with Gasteiger partial charge in [0.15, 0.2) is 0 Å². The number of piperazine rings is 1. The van der Waals surface area contributed by atoms with E-state index < -0.39 is 17.8 Å². The number of carbonyl (C=O) groups is 1. The van der Waals surface area contributed by atoms with Crippen molar-refractivity contribution in [3.8, 4) is 17.2 Å². The summed E-state index contributed by atoms with van der Waals surface area (Å²) in [5.74, 6) is 0.109. The Kier molecular flexibility index (Phi) is 10.3. The summed E-state index contributed by atoms with van der Waals surface area (Å²) in [6.07, 6.45) is -1.94. The van der Waals surface area contributed by atoms with Crippen molar-refractivity contribution in [1.82, 2.24) is 14.8 Å². The number of halogens is 3. The molecule has 0 unspecified atom stereocenters. The fraction of sp³-hybridized carbons (Fsp3) is 0.419. The Morgan fingerprint density at radius 1 is 1.05 bits per heavy atom. The van der Waals surface area contributed by atoms with Gasteiger partial charge in [0.2, 0.25) is 0 Å². The largest absolute Gasteiger partial charge is 0.496 e. The van der Waals surface area contributed by atoms with Gasteiger partial charge in [0, 0.05) is 55.3 Å². The van der Waals surface area contributed by atoms with Gasteiger partial charge in [-0.2, -0.15) is 13.2 Å². The van der Waals surface area contributed by atoms with E-state index in [9.17, 15) is 23.1 Å². The number of rotatable bonds is 12. The van der Waals surface area contributed by atoms with Gasteiger partial charge in [0.05, 0.1) is 12.6 Å². The smallest absolute Gasteiger partial charge is 0.433 e. The lowest BCUT2D eigenvalue weighted by molar-refractivity contribution is -0.141. The predicted molar refractivity (Wildman–Crippen MR) is 154 cm³/mol. The lowest BCUT2D eigenvalue weighted by Gasteiger charge is -2.32. The SMILES string of the molecule is CCC/C(=C\c1cc(OCCN2CCN(C)CC2)ccc1OCc1ccc2nc(C(F)(F)F)cc(OC)c2c1)C(=O)O. The first-order chi connectivity index (χ1) is 20.1. The maximum absolute atomic E-state index is 13.2. The molecule has 0 bridgehead atoms. The minimum absolute atomic E-state index is 0.0570. The fourth-order valence-electron chi connectivity index (χ4n) is 4.73. The number of likely N-dealkylation sites (N-methyl/N-ethyl adjacent to an activating group) is 1. The fourth-order valence-corrected chi connectivity index (χ4v) is 4.73. The van der Waals surface area contributed by atoms with Gasteiger partial charge in [0.1, 0.15) is 36.2 Å². The van der Waals surface area contributed by atoms with Gasteiger partial charge in [-0.1, -0.05) is 19.4 Å². The highest BCUT2D eigenvalue weighted by atomic mass is 19.4. The molecule has 1 N–H and O–H groups in total. The van der Waals surface area contributed by atoms with Gasteiger partial charge in [-0.15, -0.1) is 0 Å².